The molecule has 2 aromatic rings. The standard InChI is InChI=1S/C24H34N4O3/c1-17-11-27-15-20(29)9-19(27)14-26(17)12-18-13-28(23-7-3-2-6-22(18)23)16-24(30)25-10-21-5-4-8-31-21/h2-3,6-7,13,17,19-21,29H,4-5,8-12,14-16H2,1H3,(H,25,30)/t17-,19?,20+,21?/m0/s1. The average Bonchev–Trinajstić information content (AvgIpc) is 3.47. The Morgan fingerprint density at radius 2 is 2.13 bits per heavy atom. The maximum Gasteiger partial charge on any atom is 0.240 e. The molecule has 3 aliphatic rings. The maximum absolute atomic E-state index is 12.6. The van der Waals surface area contributed by atoms with Crippen LogP contribution in [0.5, 0.6) is 0 Å². The summed E-state index contributed by atoms with van der Waals surface area (Å²) in [6.07, 6.45) is 5.11. The smallest absolute Gasteiger partial charge is 0.240 e. The Balaban J connectivity index is 1.28. The van der Waals surface area contributed by atoms with Gasteiger partial charge in [0.2, 0.25) is 5.91 Å². The number of para-hydroxylation sites is 1. The first-order valence-corrected chi connectivity index (χ1v) is 11.7. The van der Waals surface area contributed by atoms with Crippen LogP contribution in [0.3, 0.4) is 0 Å². The number of fused-ring (bicyclic) bond motifs is 2. The van der Waals surface area contributed by atoms with Gasteiger partial charge in [0.05, 0.1) is 12.2 Å². The minimum atomic E-state index is -0.188. The Morgan fingerprint density at radius 1 is 1.26 bits per heavy atom. The van der Waals surface area contributed by atoms with Crippen LogP contribution in [0.2, 0.25) is 0 Å². The molecule has 3 fully saturated rings. The molecule has 0 spiro atoms. The molecule has 1 amide bonds. The Hall–Kier alpha value is -1.93. The van der Waals surface area contributed by atoms with Gasteiger partial charge in [0.25, 0.3) is 0 Å². The summed E-state index contributed by atoms with van der Waals surface area (Å²) in [6.45, 7) is 7.67. The Labute approximate surface area is 183 Å². The molecule has 3 saturated heterocycles. The molecule has 0 saturated carbocycles. The third-order valence-electron chi connectivity index (χ3n) is 7.18. The molecule has 2 unspecified atom stereocenters. The number of ether oxygens (including phenoxy) is 1. The number of rotatable bonds is 6. The molecule has 7 nitrogen and oxygen atoms in total. The number of aromatic nitrogens is 1. The van der Waals surface area contributed by atoms with Gasteiger partial charge in [-0.15, -0.1) is 0 Å². The lowest BCUT2D eigenvalue weighted by atomic mass is 10.1. The van der Waals surface area contributed by atoms with E-state index in [1.165, 1.54) is 10.9 Å². The second-order valence-corrected chi connectivity index (χ2v) is 9.51. The van der Waals surface area contributed by atoms with E-state index in [1.807, 2.05) is 6.07 Å². The molecule has 168 valence electrons. The number of hydrogen-bond donors (Lipinski definition) is 2. The van der Waals surface area contributed by atoms with Crippen LogP contribution in [0.15, 0.2) is 30.5 Å². The zero-order valence-corrected chi connectivity index (χ0v) is 18.4. The zero-order valence-electron chi connectivity index (χ0n) is 18.4. The highest BCUT2D eigenvalue weighted by Crippen LogP contribution is 2.28. The largest absolute Gasteiger partial charge is 0.392 e. The lowest BCUT2D eigenvalue weighted by Gasteiger charge is -2.42. The molecule has 4 heterocycles. The van der Waals surface area contributed by atoms with E-state index in [2.05, 4.69) is 51.0 Å². The fourth-order valence-electron chi connectivity index (χ4n) is 5.54. The van der Waals surface area contributed by atoms with E-state index in [9.17, 15) is 9.90 Å². The predicted molar refractivity (Wildman–Crippen MR) is 120 cm³/mol. The van der Waals surface area contributed by atoms with Crippen LogP contribution in [-0.2, 0) is 22.6 Å². The van der Waals surface area contributed by atoms with E-state index < -0.39 is 0 Å². The van der Waals surface area contributed by atoms with E-state index in [0.29, 0.717) is 25.2 Å². The number of aliphatic hydroxyl groups excluding tert-OH is 1. The van der Waals surface area contributed by atoms with Crippen molar-refractivity contribution in [1.29, 1.82) is 0 Å². The number of piperazine rings is 1. The van der Waals surface area contributed by atoms with Crippen molar-refractivity contribution in [1.82, 2.24) is 19.7 Å². The Morgan fingerprint density at radius 3 is 2.97 bits per heavy atom. The van der Waals surface area contributed by atoms with Crippen molar-refractivity contribution in [2.24, 2.45) is 0 Å². The number of benzene rings is 1. The molecular formula is C24H34N4O3. The van der Waals surface area contributed by atoms with Gasteiger partial charge in [0, 0.05) is 68.5 Å². The third kappa shape index (κ3) is 4.51. The van der Waals surface area contributed by atoms with Crippen LogP contribution < -0.4 is 5.32 Å². The fraction of sp³-hybridized carbons (Fsp3) is 0.625. The second kappa shape index (κ2) is 8.90. The molecular weight excluding hydrogens is 392 g/mol. The summed E-state index contributed by atoms with van der Waals surface area (Å²) in [7, 11) is 0. The van der Waals surface area contributed by atoms with Crippen molar-refractivity contribution in [2.75, 3.05) is 32.8 Å². The number of nitrogens with one attached hydrogen (secondary N) is 1. The quantitative estimate of drug-likeness (QED) is 0.734. The number of aliphatic hydroxyl groups is 1. The highest BCUT2D eigenvalue weighted by molar-refractivity contribution is 5.86. The fourth-order valence-corrected chi connectivity index (χ4v) is 5.54. The van der Waals surface area contributed by atoms with E-state index >= 15 is 0 Å². The molecule has 0 bridgehead atoms. The van der Waals surface area contributed by atoms with Gasteiger partial charge in [-0.3, -0.25) is 14.6 Å². The Bertz CT molecular complexity index is 923. The maximum atomic E-state index is 12.6. The van der Waals surface area contributed by atoms with Crippen LogP contribution in [0, 0.1) is 0 Å². The van der Waals surface area contributed by atoms with Gasteiger partial charge >= 0.3 is 0 Å². The van der Waals surface area contributed by atoms with Crippen LogP contribution in [-0.4, -0.2) is 82.5 Å². The molecule has 0 radical (unpaired) electrons. The van der Waals surface area contributed by atoms with Gasteiger partial charge in [-0.25, -0.2) is 0 Å². The van der Waals surface area contributed by atoms with Gasteiger partial charge in [-0.2, -0.15) is 0 Å². The summed E-state index contributed by atoms with van der Waals surface area (Å²) in [4.78, 5) is 17.6. The number of hydrogen-bond acceptors (Lipinski definition) is 5. The number of amides is 1. The van der Waals surface area contributed by atoms with E-state index in [1.54, 1.807) is 0 Å². The molecule has 1 aromatic carbocycles. The molecule has 31 heavy (non-hydrogen) atoms. The molecule has 5 rings (SSSR count). The van der Waals surface area contributed by atoms with Crippen molar-refractivity contribution in [3.05, 3.63) is 36.0 Å². The molecule has 0 aliphatic carbocycles. The first-order valence-electron chi connectivity index (χ1n) is 11.7. The van der Waals surface area contributed by atoms with Crippen LogP contribution in [0.4, 0.5) is 0 Å². The van der Waals surface area contributed by atoms with Crippen LogP contribution in [0.1, 0.15) is 31.7 Å². The predicted octanol–water partition coefficient (Wildman–Crippen LogP) is 1.58. The van der Waals surface area contributed by atoms with E-state index in [0.717, 1.165) is 57.6 Å². The van der Waals surface area contributed by atoms with Gasteiger partial charge in [0.1, 0.15) is 6.54 Å². The molecule has 1 aromatic heterocycles. The van der Waals surface area contributed by atoms with E-state index in [-0.39, 0.29) is 18.1 Å². The Kier molecular flexibility index (Phi) is 6.01. The summed E-state index contributed by atoms with van der Waals surface area (Å²) >= 11 is 0. The monoisotopic (exact) mass is 426 g/mol. The highest BCUT2D eigenvalue weighted by Gasteiger charge is 2.38. The summed E-state index contributed by atoms with van der Waals surface area (Å²) < 4.78 is 7.69. The molecule has 7 heteroatoms. The summed E-state index contributed by atoms with van der Waals surface area (Å²) in [5.74, 6) is 0.0322. The molecule has 4 atom stereocenters. The van der Waals surface area contributed by atoms with Crippen molar-refractivity contribution in [3.8, 4) is 0 Å². The third-order valence-corrected chi connectivity index (χ3v) is 7.18. The summed E-state index contributed by atoms with van der Waals surface area (Å²) in [5.41, 5.74) is 2.37. The number of nitrogens with zero attached hydrogens (tertiary/aromatic N) is 3. The number of carbonyl (C=O) groups is 1. The molecule has 3 aliphatic heterocycles. The van der Waals surface area contributed by atoms with Crippen molar-refractivity contribution < 1.29 is 14.6 Å². The van der Waals surface area contributed by atoms with Gasteiger partial charge < -0.3 is 19.7 Å². The average molecular weight is 427 g/mol. The summed E-state index contributed by atoms with van der Waals surface area (Å²) in [5, 5.41) is 14.3. The van der Waals surface area contributed by atoms with Crippen molar-refractivity contribution in [3.63, 3.8) is 0 Å². The minimum absolute atomic E-state index is 0.0322. The first kappa shape index (κ1) is 20.9. The zero-order chi connectivity index (χ0) is 21.4. The second-order valence-electron chi connectivity index (χ2n) is 9.51. The highest BCUT2D eigenvalue weighted by atomic mass is 16.5. The van der Waals surface area contributed by atoms with Crippen LogP contribution in [0.25, 0.3) is 10.9 Å². The lowest BCUT2D eigenvalue weighted by molar-refractivity contribution is -0.122. The SMILES string of the molecule is C[C@H]1CN2C[C@H](O)CC2CN1Cc1cn(CC(=O)NCC2CCCO2)c2ccccc12. The number of carbonyl (C=O) groups excluding carboxylic acids is 1. The molecule has 2 N–H and O–H groups in total. The first-order chi connectivity index (χ1) is 15.1. The topological polar surface area (TPSA) is 70.0 Å². The summed E-state index contributed by atoms with van der Waals surface area (Å²) in [6, 6.07) is 9.25. The minimum Gasteiger partial charge on any atom is -0.392 e. The lowest BCUT2D eigenvalue weighted by Crippen LogP contribution is -2.54. The van der Waals surface area contributed by atoms with Gasteiger partial charge in [0.15, 0.2) is 0 Å². The van der Waals surface area contributed by atoms with Gasteiger partial charge in [-0.05, 0) is 37.8 Å². The van der Waals surface area contributed by atoms with Crippen molar-refractivity contribution in [2.45, 2.75) is 63.6 Å². The van der Waals surface area contributed by atoms with Crippen LogP contribution >= 0.6 is 0 Å². The van der Waals surface area contributed by atoms with Gasteiger partial charge in [-0.1, -0.05) is 18.2 Å². The normalized spacial score (nSPS) is 29.5. The van der Waals surface area contributed by atoms with Crippen molar-refractivity contribution >= 4 is 16.8 Å². The van der Waals surface area contributed by atoms with E-state index in [4.69, 9.17) is 4.74 Å².